The number of aromatic nitrogens is 4. The first kappa shape index (κ1) is 17.6. The number of anilines is 1. The Hall–Kier alpha value is -2.80. The molecule has 27 heavy (non-hydrogen) atoms. The van der Waals surface area contributed by atoms with Gasteiger partial charge in [0.1, 0.15) is 11.5 Å². The van der Waals surface area contributed by atoms with Crippen LogP contribution in [0.5, 0.6) is 0 Å². The van der Waals surface area contributed by atoms with Crippen molar-refractivity contribution in [1.29, 1.82) is 0 Å². The summed E-state index contributed by atoms with van der Waals surface area (Å²) in [5.74, 6) is 0.292. The van der Waals surface area contributed by atoms with Gasteiger partial charge in [0.15, 0.2) is 0 Å². The van der Waals surface area contributed by atoms with Gasteiger partial charge < -0.3 is 10.2 Å². The molecule has 6 nitrogen and oxygen atoms in total. The number of hydrogen-bond acceptors (Lipinski definition) is 5. The maximum atomic E-state index is 13.9. The first-order valence-electron chi connectivity index (χ1n) is 9.28. The van der Waals surface area contributed by atoms with Crippen LogP contribution in [0.4, 0.5) is 10.3 Å². The summed E-state index contributed by atoms with van der Waals surface area (Å²) >= 11 is 0. The van der Waals surface area contributed by atoms with E-state index in [0.717, 1.165) is 24.2 Å². The van der Waals surface area contributed by atoms with Crippen LogP contribution >= 0.6 is 0 Å². The minimum atomic E-state index is -0.311. The van der Waals surface area contributed by atoms with Gasteiger partial charge in [-0.2, -0.15) is 5.10 Å². The molecule has 1 atom stereocenters. The number of benzene rings is 1. The SMILES string of the molecule is CN1CCCC1CCNc1nccc(-c2cnn(-c3ccccc3F)c2)n1. The van der Waals surface area contributed by atoms with E-state index in [1.54, 1.807) is 36.8 Å². The molecule has 3 heterocycles. The molecule has 1 aromatic carbocycles. The van der Waals surface area contributed by atoms with E-state index in [-0.39, 0.29) is 5.82 Å². The van der Waals surface area contributed by atoms with Gasteiger partial charge in [0, 0.05) is 30.5 Å². The third-order valence-electron chi connectivity index (χ3n) is 5.07. The molecular formula is C20H23FN6. The number of halogens is 1. The molecule has 1 aliphatic heterocycles. The molecule has 0 bridgehead atoms. The maximum absolute atomic E-state index is 13.9. The summed E-state index contributed by atoms with van der Waals surface area (Å²) < 4.78 is 15.5. The summed E-state index contributed by atoms with van der Waals surface area (Å²) in [6.07, 6.45) is 8.81. The molecule has 2 aromatic heterocycles. The predicted octanol–water partition coefficient (Wildman–Crippen LogP) is 3.36. The van der Waals surface area contributed by atoms with Crippen molar-refractivity contribution in [2.75, 3.05) is 25.5 Å². The highest BCUT2D eigenvalue weighted by Gasteiger charge is 2.20. The van der Waals surface area contributed by atoms with Crippen LogP contribution in [0.2, 0.25) is 0 Å². The lowest BCUT2D eigenvalue weighted by atomic mass is 10.1. The molecule has 0 aliphatic carbocycles. The summed E-state index contributed by atoms with van der Waals surface area (Å²) in [6.45, 7) is 2.02. The smallest absolute Gasteiger partial charge is 0.223 e. The van der Waals surface area contributed by atoms with Crippen molar-refractivity contribution in [2.24, 2.45) is 0 Å². The third kappa shape index (κ3) is 3.98. The fraction of sp³-hybridized carbons (Fsp3) is 0.350. The Morgan fingerprint density at radius 1 is 1.26 bits per heavy atom. The van der Waals surface area contributed by atoms with E-state index in [2.05, 4.69) is 32.3 Å². The van der Waals surface area contributed by atoms with Gasteiger partial charge in [-0.15, -0.1) is 0 Å². The van der Waals surface area contributed by atoms with Crippen molar-refractivity contribution in [3.05, 3.63) is 54.7 Å². The summed E-state index contributed by atoms with van der Waals surface area (Å²) in [5.41, 5.74) is 1.99. The Balaban J connectivity index is 1.44. The Morgan fingerprint density at radius 3 is 2.96 bits per heavy atom. The van der Waals surface area contributed by atoms with E-state index in [4.69, 9.17) is 0 Å². The molecule has 1 unspecified atom stereocenters. The van der Waals surface area contributed by atoms with E-state index in [1.165, 1.54) is 30.1 Å². The molecule has 0 spiro atoms. The van der Waals surface area contributed by atoms with Gasteiger partial charge >= 0.3 is 0 Å². The fourth-order valence-electron chi connectivity index (χ4n) is 3.52. The minimum Gasteiger partial charge on any atom is -0.354 e. The summed E-state index contributed by atoms with van der Waals surface area (Å²) in [7, 11) is 2.18. The highest BCUT2D eigenvalue weighted by atomic mass is 19.1. The monoisotopic (exact) mass is 366 g/mol. The van der Waals surface area contributed by atoms with Gasteiger partial charge in [0.05, 0.1) is 11.9 Å². The van der Waals surface area contributed by atoms with E-state index in [9.17, 15) is 4.39 Å². The van der Waals surface area contributed by atoms with Crippen molar-refractivity contribution >= 4 is 5.95 Å². The lowest BCUT2D eigenvalue weighted by molar-refractivity contribution is 0.301. The molecule has 1 N–H and O–H groups in total. The molecule has 3 aromatic rings. The van der Waals surface area contributed by atoms with Crippen LogP contribution in [0.15, 0.2) is 48.9 Å². The molecule has 1 fully saturated rings. The standard InChI is InChI=1S/C20H23FN6/c1-26-12-4-5-16(26)8-10-22-20-23-11-9-18(25-20)15-13-24-27(14-15)19-7-3-2-6-17(19)21/h2-3,6-7,9,11,13-14,16H,4-5,8,10,12H2,1H3,(H,22,23,25). The largest absolute Gasteiger partial charge is 0.354 e. The number of hydrogen-bond donors (Lipinski definition) is 1. The van der Waals surface area contributed by atoms with Crippen molar-refractivity contribution in [3.8, 4) is 16.9 Å². The molecule has 1 aliphatic rings. The van der Waals surface area contributed by atoms with E-state index in [0.29, 0.717) is 17.7 Å². The van der Waals surface area contributed by atoms with E-state index in [1.807, 2.05) is 6.07 Å². The average Bonchev–Trinajstić information content (AvgIpc) is 3.32. The van der Waals surface area contributed by atoms with Gasteiger partial charge in [-0.1, -0.05) is 12.1 Å². The topological polar surface area (TPSA) is 58.9 Å². The van der Waals surface area contributed by atoms with Gasteiger partial charge in [-0.05, 0) is 51.1 Å². The second kappa shape index (κ2) is 7.84. The van der Waals surface area contributed by atoms with E-state index < -0.39 is 0 Å². The number of rotatable bonds is 6. The van der Waals surface area contributed by atoms with Crippen LogP contribution in [0.3, 0.4) is 0 Å². The third-order valence-corrected chi connectivity index (χ3v) is 5.07. The number of nitrogens with zero attached hydrogens (tertiary/aromatic N) is 5. The second-order valence-electron chi connectivity index (χ2n) is 6.88. The molecule has 140 valence electrons. The molecular weight excluding hydrogens is 343 g/mol. The molecule has 4 rings (SSSR count). The Morgan fingerprint density at radius 2 is 2.15 bits per heavy atom. The second-order valence-corrected chi connectivity index (χ2v) is 6.88. The van der Waals surface area contributed by atoms with Crippen molar-refractivity contribution < 1.29 is 4.39 Å². The van der Waals surface area contributed by atoms with Crippen LogP contribution < -0.4 is 5.32 Å². The highest BCUT2D eigenvalue weighted by Crippen LogP contribution is 2.21. The Labute approximate surface area is 158 Å². The minimum absolute atomic E-state index is 0.311. The van der Waals surface area contributed by atoms with Crippen LogP contribution in [0.1, 0.15) is 19.3 Å². The Bertz CT molecular complexity index is 909. The predicted molar refractivity (Wildman–Crippen MR) is 103 cm³/mol. The molecule has 1 saturated heterocycles. The normalized spacial score (nSPS) is 17.3. The molecule has 0 amide bonds. The van der Waals surface area contributed by atoms with Gasteiger partial charge in [0.25, 0.3) is 0 Å². The van der Waals surface area contributed by atoms with Crippen LogP contribution in [0, 0.1) is 5.82 Å². The van der Waals surface area contributed by atoms with Crippen LogP contribution in [-0.2, 0) is 0 Å². The summed E-state index contributed by atoms with van der Waals surface area (Å²) in [5, 5.41) is 7.58. The first-order valence-corrected chi connectivity index (χ1v) is 9.28. The maximum Gasteiger partial charge on any atom is 0.223 e. The van der Waals surface area contributed by atoms with Crippen molar-refractivity contribution in [1.82, 2.24) is 24.6 Å². The van der Waals surface area contributed by atoms with Crippen LogP contribution in [0.25, 0.3) is 16.9 Å². The number of para-hydroxylation sites is 1. The van der Waals surface area contributed by atoms with Gasteiger partial charge in [-0.3, -0.25) is 0 Å². The first-order chi connectivity index (χ1) is 13.2. The lowest BCUT2D eigenvalue weighted by Crippen LogP contribution is -2.27. The fourth-order valence-corrected chi connectivity index (χ4v) is 3.52. The zero-order valence-electron chi connectivity index (χ0n) is 15.3. The highest BCUT2D eigenvalue weighted by molar-refractivity contribution is 5.58. The van der Waals surface area contributed by atoms with E-state index >= 15 is 0 Å². The zero-order valence-corrected chi connectivity index (χ0v) is 15.3. The van der Waals surface area contributed by atoms with Gasteiger partial charge in [0.2, 0.25) is 5.95 Å². The molecule has 0 saturated carbocycles. The quantitative estimate of drug-likeness (QED) is 0.725. The number of nitrogens with one attached hydrogen (secondary N) is 1. The summed E-state index contributed by atoms with van der Waals surface area (Å²) in [4.78, 5) is 11.3. The summed E-state index contributed by atoms with van der Waals surface area (Å²) in [6, 6.07) is 9.03. The number of likely N-dealkylation sites (tertiary alicyclic amines) is 1. The van der Waals surface area contributed by atoms with Crippen LogP contribution in [-0.4, -0.2) is 50.8 Å². The molecule has 0 radical (unpaired) electrons. The van der Waals surface area contributed by atoms with Crippen molar-refractivity contribution in [3.63, 3.8) is 0 Å². The van der Waals surface area contributed by atoms with Crippen molar-refractivity contribution in [2.45, 2.75) is 25.3 Å². The lowest BCUT2D eigenvalue weighted by Gasteiger charge is -2.19. The molecule has 7 heteroatoms. The average molecular weight is 366 g/mol. The zero-order chi connectivity index (χ0) is 18.6. The van der Waals surface area contributed by atoms with Gasteiger partial charge in [-0.25, -0.2) is 19.0 Å². The Kier molecular flexibility index (Phi) is 5.11.